The number of ketones is 1. The zero-order valence-corrected chi connectivity index (χ0v) is 18.0. The molecule has 0 spiro atoms. The minimum atomic E-state index is 0.0322. The van der Waals surface area contributed by atoms with E-state index < -0.39 is 0 Å². The molecular formula is C22H19ClN4O2S. The topological polar surface area (TPSA) is 61.9 Å². The Hall–Kier alpha value is -3.03. The van der Waals surface area contributed by atoms with E-state index in [-0.39, 0.29) is 11.5 Å². The van der Waals surface area contributed by atoms with Crippen LogP contribution in [-0.4, -0.2) is 38.0 Å². The molecule has 30 heavy (non-hydrogen) atoms. The Morgan fingerprint density at radius 3 is 2.43 bits per heavy atom. The first kappa shape index (κ1) is 20.3. The number of hydrogen-bond donors (Lipinski definition) is 0. The molecule has 0 radical (unpaired) electrons. The molecule has 0 aliphatic rings. The summed E-state index contributed by atoms with van der Waals surface area (Å²) in [5.74, 6) is 1.72. The minimum absolute atomic E-state index is 0.0322. The highest BCUT2D eigenvalue weighted by Crippen LogP contribution is 2.30. The molecule has 2 aromatic heterocycles. The van der Waals surface area contributed by atoms with Crippen LogP contribution in [-0.2, 0) is 7.05 Å². The molecule has 4 aromatic rings. The fraction of sp³-hybridized carbons (Fsp3) is 0.136. The molecule has 152 valence electrons. The van der Waals surface area contributed by atoms with Crippen molar-refractivity contribution in [1.29, 1.82) is 0 Å². The number of aromatic nitrogens is 4. The van der Waals surface area contributed by atoms with Crippen LogP contribution in [0.15, 0.2) is 72.0 Å². The number of carbonyl (C=O) groups is 1. The number of thioether (sulfide) groups is 1. The monoisotopic (exact) mass is 438 g/mol. The average molecular weight is 439 g/mol. The summed E-state index contributed by atoms with van der Waals surface area (Å²) in [6.45, 7) is 0. The van der Waals surface area contributed by atoms with Gasteiger partial charge in [0.1, 0.15) is 5.75 Å². The number of ether oxygens (including phenoxy) is 1. The summed E-state index contributed by atoms with van der Waals surface area (Å²) < 4.78 is 9.02. The van der Waals surface area contributed by atoms with Crippen molar-refractivity contribution in [3.63, 3.8) is 0 Å². The van der Waals surface area contributed by atoms with Crippen LogP contribution >= 0.6 is 23.4 Å². The van der Waals surface area contributed by atoms with E-state index in [4.69, 9.17) is 16.3 Å². The third-order valence-electron chi connectivity index (χ3n) is 4.63. The summed E-state index contributed by atoms with van der Waals surface area (Å²) in [6.07, 6.45) is 1.86. The van der Waals surface area contributed by atoms with Gasteiger partial charge in [0.05, 0.1) is 18.6 Å². The Kier molecular flexibility index (Phi) is 5.92. The van der Waals surface area contributed by atoms with Gasteiger partial charge in [-0.2, -0.15) is 0 Å². The second-order valence-electron chi connectivity index (χ2n) is 6.56. The zero-order valence-electron chi connectivity index (χ0n) is 16.4. The van der Waals surface area contributed by atoms with E-state index in [9.17, 15) is 4.79 Å². The van der Waals surface area contributed by atoms with E-state index in [1.807, 2.05) is 83.0 Å². The summed E-state index contributed by atoms with van der Waals surface area (Å²) in [6, 6.07) is 18.7. The number of halogens is 1. The highest BCUT2D eigenvalue weighted by molar-refractivity contribution is 7.99. The highest BCUT2D eigenvalue weighted by Gasteiger charge is 2.18. The highest BCUT2D eigenvalue weighted by atomic mass is 35.5. The number of nitrogens with zero attached hydrogens (tertiary/aromatic N) is 4. The van der Waals surface area contributed by atoms with Gasteiger partial charge in [0, 0.05) is 29.5 Å². The molecule has 6 nitrogen and oxygen atoms in total. The molecule has 2 aromatic carbocycles. The van der Waals surface area contributed by atoms with Gasteiger partial charge in [-0.15, -0.1) is 10.2 Å². The molecule has 0 aliphatic carbocycles. The van der Waals surface area contributed by atoms with Gasteiger partial charge in [0.2, 0.25) is 0 Å². The Labute approximate surface area is 183 Å². The van der Waals surface area contributed by atoms with Gasteiger partial charge < -0.3 is 9.30 Å². The summed E-state index contributed by atoms with van der Waals surface area (Å²) in [5, 5.41) is 10.0. The molecular weight excluding hydrogens is 420 g/mol. The van der Waals surface area contributed by atoms with Crippen molar-refractivity contribution in [2.75, 3.05) is 12.9 Å². The van der Waals surface area contributed by atoms with Crippen molar-refractivity contribution in [3.8, 4) is 22.8 Å². The van der Waals surface area contributed by atoms with E-state index in [1.54, 1.807) is 7.11 Å². The third-order valence-corrected chi connectivity index (χ3v) is 5.81. The summed E-state index contributed by atoms with van der Waals surface area (Å²) in [7, 11) is 3.49. The predicted octanol–water partition coefficient (Wildman–Crippen LogP) is 4.91. The number of Topliss-reactive ketones (excluding diaryl/α,β-unsaturated/α-hetero) is 1. The second kappa shape index (κ2) is 8.77. The van der Waals surface area contributed by atoms with Gasteiger partial charge in [-0.1, -0.05) is 23.4 Å². The first-order valence-electron chi connectivity index (χ1n) is 9.20. The van der Waals surface area contributed by atoms with Gasteiger partial charge in [0.15, 0.2) is 16.8 Å². The number of benzene rings is 2. The summed E-state index contributed by atoms with van der Waals surface area (Å²) in [5.41, 5.74) is 2.42. The Morgan fingerprint density at radius 1 is 1.07 bits per heavy atom. The van der Waals surface area contributed by atoms with Crippen molar-refractivity contribution in [2.24, 2.45) is 7.05 Å². The Balaban J connectivity index is 1.69. The molecule has 2 heterocycles. The van der Waals surface area contributed by atoms with Crippen LogP contribution in [0.2, 0.25) is 5.02 Å². The maximum atomic E-state index is 12.6. The number of carbonyl (C=O) groups excluding carboxylic acids is 1. The lowest BCUT2D eigenvalue weighted by Crippen LogP contribution is -2.08. The molecule has 0 fully saturated rings. The van der Waals surface area contributed by atoms with Gasteiger partial charge >= 0.3 is 0 Å². The molecule has 0 amide bonds. The third kappa shape index (κ3) is 4.13. The maximum Gasteiger partial charge on any atom is 0.196 e. The number of hydrogen-bond acceptors (Lipinski definition) is 5. The van der Waals surface area contributed by atoms with Crippen LogP contribution in [0, 0.1) is 0 Å². The van der Waals surface area contributed by atoms with E-state index in [0.717, 1.165) is 17.0 Å². The molecule has 0 saturated heterocycles. The number of methoxy groups -OCH3 is 1. The SMILES string of the molecule is COc1ccc(-n2c(SCC(=O)c3cccn3C)nnc2-c2ccc(Cl)cc2)cc1. The number of rotatable bonds is 7. The van der Waals surface area contributed by atoms with Crippen molar-refractivity contribution >= 4 is 29.1 Å². The van der Waals surface area contributed by atoms with Gasteiger partial charge in [-0.25, -0.2) is 0 Å². The standard InChI is InChI=1S/C22H19ClN4O2S/c1-26-13-3-4-19(26)20(28)14-30-22-25-24-21(15-5-7-16(23)8-6-15)27(22)17-9-11-18(29-2)12-10-17/h3-13H,14H2,1-2H3. The quantitative estimate of drug-likeness (QED) is 0.303. The van der Waals surface area contributed by atoms with Crippen LogP contribution < -0.4 is 4.74 Å². The molecule has 0 atom stereocenters. The molecule has 4 rings (SSSR count). The van der Waals surface area contributed by atoms with E-state index in [1.165, 1.54) is 11.8 Å². The Bertz CT molecular complexity index is 1170. The van der Waals surface area contributed by atoms with Crippen LogP contribution in [0.25, 0.3) is 17.1 Å². The van der Waals surface area contributed by atoms with Crippen LogP contribution in [0.5, 0.6) is 5.75 Å². The molecule has 0 unspecified atom stereocenters. The van der Waals surface area contributed by atoms with Gasteiger partial charge in [-0.05, 0) is 60.7 Å². The predicted molar refractivity (Wildman–Crippen MR) is 119 cm³/mol. The van der Waals surface area contributed by atoms with E-state index in [0.29, 0.717) is 21.7 Å². The molecule has 0 N–H and O–H groups in total. The lowest BCUT2D eigenvalue weighted by molar-refractivity contribution is 0.101. The van der Waals surface area contributed by atoms with Crippen molar-refractivity contribution < 1.29 is 9.53 Å². The zero-order chi connectivity index (χ0) is 21.1. The minimum Gasteiger partial charge on any atom is -0.497 e. The first-order valence-corrected chi connectivity index (χ1v) is 10.6. The lowest BCUT2D eigenvalue weighted by Gasteiger charge is -2.11. The Morgan fingerprint density at radius 2 is 1.80 bits per heavy atom. The first-order chi connectivity index (χ1) is 14.6. The average Bonchev–Trinajstić information content (AvgIpc) is 3.39. The number of aryl methyl sites for hydroxylation is 1. The van der Waals surface area contributed by atoms with Crippen LogP contribution in [0.3, 0.4) is 0 Å². The normalized spacial score (nSPS) is 10.9. The molecule has 0 bridgehead atoms. The molecule has 0 aliphatic heterocycles. The molecule has 8 heteroatoms. The van der Waals surface area contributed by atoms with Crippen LogP contribution in [0.4, 0.5) is 0 Å². The lowest BCUT2D eigenvalue weighted by atomic mass is 10.2. The molecule has 0 saturated carbocycles. The van der Waals surface area contributed by atoms with E-state index >= 15 is 0 Å². The van der Waals surface area contributed by atoms with Crippen LogP contribution in [0.1, 0.15) is 10.5 Å². The van der Waals surface area contributed by atoms with Gasteiger partial charge in [-0.3, -0.25) is 9.36 Å². The summed E-state index contributed by atoms with van der Waals surface area (Å²) >= 11 is 7.40. The maximum absolute atomic E-state index is 12.6. The largest absolute Gasteiger partial charge is 0.497 e. The fourth-order valence-corrected chi connectivity index (χ4v) is 4.02. The van der Waals surface area contributed by atoms with Crippen molar-refractivity contribution in [2.45, 2.75) is 5.16 Å². The van der Waals surface area contributed by atoms with E-state index in [2.05, 4.69) is 10.2 Å². The summed E-state index contributed by atoms with van der Waals surface area (Å²) in [4.78, 5) is 12.6. The van der Waals surface area contributed by atoms with Crippen molar-refractivity contribution in [1.82, 2.24) is 19.3 Å². The fourth-order valence-electron chi connectivity index (χ4n) is 3.07. The van der Waals surface area contributed by atoms with Crippen molar-refractivity contribution in [3.05, 3.63) is 77.6 Å². The second-order valence-corrected chi connectivity index (χ2v) is 7.94. The van der Waals surface area contributed by atoms with Gasteiger partial charge in [0.25, 0.3) is 0 Å². The smallest absolute Gasteiger partial charge is 0.196 e.